The van der Waals surface area contributed by atoms with Crippen LogP contribution in [0.25, 0.3) is 73.4 Å². The van der Waals surface area contributed by atoms with Gasteiger partial charge in [-0.15, -0.1) is 22.7 Å². The van der Waals surface area contributed by atoms with Gasteiger partial charge < -0.3 is 4.90 Å². The zero-order valence-electron chi connectivity index (χ0n) is 26.5. The molecule has 0 atom stereocenters. The second-order valence-electron chi connectivity index (χ2n) is 12.5. The van der Waals surface area contributed by atoms with Gasteiger partial charge in [0.05, 0.1) is 20.8 Å². The van der Waals surface area contributed by atoms with Crippen LogP contribution in [0.5, 0.6) is 0 Å². The number of anilines is 3. The molecule has 49 heavy (non-hydrogen) atoms. The van der Waals surface area contributed by atoms with Crippen LogP contribution in [0.15, 0.2) is 176 Å². The van der Waals surface area contributed by atoms with Gasteiger partial charge in [0.25, 0.3) is 0 Å². The second kappa shape index (κ2) is 11.5. The standard InChI is InChI=1S/C46H29NS2/c1-2-12-32(13-3-1)36-27-28-41(46-44(36)39-16-7-9-20-43(39)49-46)47(40-18-10-17-38-37-15-6-8-19-42(37)48-45(38)40)35-25-23-31(24-26-35)34-22-21-30-11-4-5-14-33(30)29-34/h1-29H. The third-order valence-electron chi connectivity index (χ3n) is 9.66. The Balaban J connectivity index is 1.23. The van der Waals surface area contributed by atoms with E-state index in [1.807, 2.05) is 22.7 Å². The number of thiophene rings is 2. The number of benzene rings is 8. The Hall–Kier alpha value is -5.74. The van der Waals surface area contributed by atoms with Crippen molar-refractivity contribution in [2.24, 2.45) is 0 Å². The summed E-state index contributed by atoms with van der Waals surface area (Å²) in [5.74, 6) is 0. The van der Waals surface area contributed by atoms with E-state index in [1.54, 1.807) is 0 Å². The lowest BCUT2D eigenvalue weighted by molar-refractivity contribution is 1.32. The van der Waals surface area contributed by atoms with Gasteiger partial charge in [0.2, 0.25) is 0 Å². The van der Waals surface area contributed by atoms with Crippen LogP contribution in [0.1, 0.15) is 0 Å². The minimum Gasteiger partial charge on any atom is -0.308 e. The molecule has 2 heterocycles. The summed E-state index contributed by atoms with van der Waals surface area (Å²) < 4.78 is 5.19. The lowest BCUT2D eigenvalue weighted by Crippen LogP contribution is -2.10. The van der Waals surface area contributed by atoms with Gasteiger partial charge in [-0.1, -0.05) is 133 Å². The van der Waals surface area contributed by atoms with Gasteiger partial charge in [0.15, 0.2) is 0 Å². The van der Waals surface area contributed by atoms with Crippen LogP contribution in [-0.4, -0.2) is 0 Å². The molecular formula is C46H29NS2. The van der Waals surface area contributed by atoms with Crippen molar-refractivity contribution in [1.82, 2.24) is 0 Å². The summed E-state index contributed by atoms with van der Waals surface area (Å²) in [6.45, 7) is 0. The van der Waals surface area contributed by atoms with Crippen molar-refractivity contribution >= 4 is 90.9 Å². The summed E-state index contributed by atoms with van der Waals surface area (Å²) in [6.07, 6.45) is 0. The molecule has 3 heteroatoms. The Kier molecular flexibility index (Phi) is 6.61. The highest BCUT2D eigenvalue weighted by molar-refractivity contribution is 7.27. The van der Waals surface area contributed by atoms with Crippen LogP contribution in [-0.2, 0) is 0 Å². The molecule has 0 bridgehead atoms. The molecule has 2 aromatic heterocycles. The van der Waals surface area contributed by atoms with Gasteiger partial charge in [0, 0.05) is 36.6 Å². The zero-order chi connectivity index (χ0) is 32.3. The SMILES string of the molecule is c1ccc(-c2ccc(N(c3ccc(-c4ccc5ccccc5c4)cc3)c3cccc4c3sc3ccccc34)c3sc4ccccc4c23)cc1. The summed E-state index contributed by atoms with van der Waals surface area (Å²) in [4.78, 5) is 2.49. The Morgan fingerprint density at radius 2 is 1.00 bits per heavy atom. The van der Waals surface area contributed by atoms with Gasteiger partial charge in [-0.3, -0.25) is 0 Å². The normalized spacial score (nSPS) is 11.7. The van der Waals surface area contributed by atoms with Crippen LogP contribution in [0, 0.1) is 0 Å². The smallest absolute Gasteiger partial charge is 0.0641 e. The van der Waals surface area contributed by atoms with Crippen LogP contribution in [0.2, 0.25) is 0 Å². The fourth-order valence-corrected chi connectivity index (χ4v) is 9.78. The predicted octanol–water partition coefficient (Wildman–Crippen LogP) is 14.4. The number of nitrogens with zero attached hydrogens (tertiary/aromatic N) is 1. The average Bonchev–Trinajstić information content (AvgIpc) is 3.75. The molecule has 8 aromatic carbocycles. The van der Waals surface area contributed by atoms with Crippen molar-refractivity contribution in [3.63, 3.8) is 0 Å². The van der Waals surface area contributed by atoms with Gasteiger partial charge in [0.1, 0.15) is 0 Å². The summed E-state index contributed by atoms with van der Waals surface area (Å²) >= 11 is 3.77. The molecule has 0 saturated heterocycles. The highest BCUT2D eigenvalue weighted by Crippen LogP contribution is 2.50. The topological polar surface area (TPSA) is 3.24 Å². The van der Waals surface area contributed by atoms with Crippen molar-refractivity contribution < 1.29 is 0 Å². The first kappa shape index (κ1) is 28.3. The molecule has 0 aliphatic carbocycles. The van der Waals surface area contributed by atoms with Crippen molar-refractivity contribution in [1.29, 1.82) is 0 Å². The maximum Gasteiger partial charge on any atom is 0.0641 e. The predicted molar refractivity (Wildman–Crippen MR) is 215 cm³/mol. The molecule has 0 spiro atoms. The second-order valence-corrected chi connectivity index (χ2v) is 14.6. The Labute approximate surface area is 292 Å². The molecule has 230 valence electrons. The summed E-state index contributed by atoms with van der Waals surface area (Å²) in [5.41, 5.74) is 8.47. The molecule has 1 nitrogen and oxygen atoms in total. The first-order valence-corrected chi connectivity index (χ1v) is 18.2. The van der Waals surface area contributed by atoms with E-state index in [-0.39, 0.29) is 0 Å². The molecule has 10 rings (SSSR count). The lowest BCUT2D eigenvalue weighted by atomic mass is 9.98. The Morgan fingerprint density at radius 1 is 0.367 bits per heavy atom. The van der Waals surface area contributed by atoms with Crippen LogP contribution in [0.3, 0.4) is 0 Å². The van der Waals surface area contributed by atoms with Gasteiger partial charge in [-0.2, -0.15) is 0 Å². The van der Waals surface area contributed by atoms with Crippen molar-refractivity contribution in [2.75, 3.05) is 4.90 Å². The Bertz CT molecular complexity index is 2830. The van der Waals surface area contributed by atoms with E-state index in [9.17, 15) is 0 Å². The van der Waals surface area contributed by atoms with E-state index in [4.69, 9.17) is 0 Å². The molecule has 0 unspecified atom stereocenters. The highest BCUT2D eigenvalue weighted by atomic mass is 32.1. The number of rotatable bonds is 5. The van der Waals surface area contributed by atoms with E-state index in [1.165, 1.54) is 84.7 Å². The van der Waals surface area contributed by atoms with E-state index < -0.39 is 0 Å². The molecule has 0 saturated carbocycles. The van der Waals surface area contributed by atoms with Gasteiger partial charge in [-0.25, -0.2) is 0 Å². The first-order chi connectivity index (χ1) is 24.3. The molecule has 0 aliphatic heterocycles. The molecular weight excluding hydrogens is 631 g/mol. The van der Waals surface area contributed by atoms with Crippen LogP contribution in [0.4, 0.5) is 17.1 Å². The summed E-state index contributed by atoms with van der Waals surface area (Å²) in [7, 11) is 0. The lowest BCUT2D eigenvalue weighted by Gasteiger charge is -2.27. The fourth-order valence-electron chi connectivity index (χ4n) is 7.34. The van der Waals surface area contributed by atoms with E-state index >= 15 is 0 Å². The molecule has 0 fully saturated rings. The fraction of sp³-hybridized carbons (Fsp3) is 0. The van der Waals surface area contributed by atoms with Crippen molar-refractivity contribution in [2.45, 2.75) is 0 Å². The monoisotopic (exact) mass is 659 g/mol. The zero-order valence-corrected chi connectivity index (χ0v) is 28.1. The number of hydrogen-bond acceptors (Lipinski definition) is 3. The maximum atomic E-state index is 2.49. The molecule has 0 aliphatic rings. The molecule has 0 N–H and O–H groups in total. The Morgan fingerprint density at radius 3 is 1.84 bits per heavy atom. The van der Waals surface area contributed by atoms with Crippen molar-refractivity contribution in [3.05, 3.63) is 176 Å². The maximum absolute atomic E-state index is 2.49. The van der Waals surface area contributed by atoms with Gasteiger partial charge >= 0.3 is 0 Å². The van der Waals surface area contributed by atoms with E-state index in [2.05, 4.69) is 181 Å². The average molecular weight is 660 g/mol. The van der Waals surface area contributed by atoms with Crippen LogP contribution >= 0.6 is 22.7 Å². The minimum absolute atomic E-state index is 1.14. The quantitative estimate of drug-likeness (QED) is 0.178. The molecule has 10 aromatic rings. The van der Waals surface area contributed by atoms with E-state index in [0.717, 1.165) is 5.69 Å². The van der Waals surface area contributed by atoms with E-state index in [0.29, 0.717) is 0 Å². The minimum atomic E-state index is 1.14. The highest BCUT2D eigenvalue weighted by Gasteiger charge is 2.23. The molecule has 0 amide bonds. The molecule has 0 radical (unpaired) electrons. The largest absolute Gasteiger partial charge is 0.308 e. The summed E-state index contributed by atoms with van der Waals surface area (Å²) in [6, 6.07) is 64.3. The summed E-state index contributed by atoms with van der Waals surface area (Å²) in [5, 5.41) is 7.73. The van der Waals surface area contributed by atoms with Gasteiger partial charge in [-0.05, 0) is 75.5 Å². The third kappa shape index (κ3) is 4.66. The number of fused-ring (bicyclic) bond motifs is 7. The number of hydrogen-bond donors (Lipinski definition) is 0. The first-order valence-electron chi connectivity index (χ1n) is 16.6. The van der Waals surface area contributed by atoms with Crippen molar-refractivity contribution in [3.8, 4) is 22.3 Å². The van der Waals surface area contributed by atoms with Crippen LogP contribution < -0.4 is 4.90 Å². The third-order valence-corrected chi connectivity index (χ3v) is 12.1.